The SMILES string of the molecule is C=Cc1nc2sccc2cc1-c1ccccc1. The standard InChI is InChI=1S/C15H11NS/c1-2-14-13(11-6-4-3-5-7-11)10-12-8-9-17-15(12)16-14/h2-10H,1H2. The number of hydrogen-bond acceptors (Lipinski definition) is 2. The number of rotatable bonds is 2. The zero-order valence-electron chi connectivity index (χ0n) is 9.26. The molecule has 0 aliphatic heterocycles. The van der Waals surface area contributed by atoms with Gasteiger partial charge >= 0.3 is 0 Å². The molecule has 0 amide bonds. The summed E-state index contributed by atoms with van der Waals surface area (Å²) in [5.74, 6) is 0. The Morgan fingerprint density at radius 1 is 1.12 bits per heavy atom. The van der Waals surface area contributed by atoms with Crippen molar-refractivity contribution in [2.45, 2.75) is 0 Å². The Hall–Kier alpha value is -1.93. The van der Waals surface area contributed by atoms with Crippen molar-refractivity contribution in [2.24, 2.45) is 0 Å². The van der Waals surface area contributed by atoms with E-state index in [4.69, 9.17) is 0 Å². The molecule has 0 radical (unpaired) electrons. The number of thiophene rings is 1. The lowest BCUT2D eigenvalue weighted by molar-refractivity contribution is 1.39. The summed E-state index contributed by atoms with van der Waals surface area (Å²) in [6.45, 7) is 3.85. The molecule has 3 aromatic rings. The van der Waals surface area contributed by atoms with E-state index in [0.29, 0.717) is 0 Å². The average molecular weight is 237 g/mol. The lowest BCUT2D eigenvalue weighted by atomic mass is 10.0. The number of aromatic nitrogens is 1. The van der Waals surface area contributed by atoms with E-state index in [0.717, 1.165) is 16.1 Å². The van der Waals surface area contributed by atoms with E-state index in [1.807, 2.05) is 24.3 Å². The fourth-order valence-electron chi connectivity index (χ4n) is 1.92. The van der Waals surface area contributed by atoms with E-state index < -0.39 is 0 Å². The second-order valence-electron chi connectivity index (χ2n) is 3.81. The molecule has 0 saturated heterocycles. The molecule has 2 heterocycles. The number of benzene rings is 1. The van der Waals surface area contributed by atoms with Crippen LogP contribution in [-0.4, -0.2) is 4.98 Å². The molecule has 0 N–H and O–H groups in total. The highest BCUT2D eigenvalue weighted by Gasteiger charge is 2.06. The molecule has 17 heavy (non-hydrogen) atoms. The highest BCUT2D eigenvalue weighted by molar-refractivity contribution is 7.16. The van der Waals surface area contributed by atoms with Gasteiger partial charge in [-0.3, -0.25) is 0 Å². The maximum Gasteiger partial charge on any atom is 0.123 e. The summed E-state index contributed by atoms with van der Waals surface area (Å²) >= 11 is 1.66. The smallest absolute Gasteiger partial charge is 0.123 e. The highest BCUT2D eigenvalue weighted by Crippen LogP contribution is 2.29. The van der Waals surface area contributed by atoms with Gasteiger partial charge in [0, 0.05) is 10.9 Å². The Labute approximate surface area is 104 Å². The van der Waals surface area contributed by atoms with Crippen molar-refractivity contribution in [1.29, 1.82) is 0 Å². The van der Waals surface area contributed by atoms with Gasteiger partial charge in [-0.2, -0.15) is 0 Å². The Kier molecular flexibility index (Phi) is 2.50. The van der Waals surface area contributed by atoms with Crippen LogP contribution in [0.3, 0.4) is 0 Å². The van der Waals surface area contributed by atoms with Gasteiger partial charge in [0.1, 0.15) is 4.83 Å². The van der Waals surface area contributed by atoms with E-state index in [2.05, 4.69) is 41.2 Å². The maximum atomic E-state index is 4.63. The third-order valence-corrected chi connectivity index (χ3v) is 3.57. The molecule has 2 heteroatoms. The minimum absolute atomic E-state index is 0.950. The molecule has 0 bridgehead atoms. The number of fused-ring (bicyclic) bond motifs is 1. The van der Waals surface area contributed by atoms with Crippen LogP contribution in [0.1, 0.15) is 5.69 Å². The molecule has 3 rings (SSSR count). The number of hydrogen-bond donors (Lipinski definition) is 0. The van der Waals surface area contributed by atoms with Gasteiger partial charge in [0.05, 0.1) is 5.69 Å². The topological polar surface area (TPSA) is 12.9 Å². The molecule has 0 aliphatic rings. The molecule has 2 aromatic heterocycles. The van der Waals surface area contributed by atoms with Crippen LogP contribution >= 0.6 is 11.3 Å². The summed E-state index contributed by atoms with van der Waals surface area (Å²) in [6, 6.07) is 14.6. The van der Waals surface area contributed by atoms with Crippen LogP contribution in [0.5, 0.6) is 0 Å². The van der Waals surface area contributed by atoms with Crippen LogP contribution < -0.4 is 0 Å². The minimum atomic E-state index is 0.950. The largest absolute Gasteiger partial charge is 0.237 e. The fraction of sp³-hybridized carbons (Fsp3) is 0. The van der Waals surface area contributed by atoms with Crippen LogP contribution in [0.15, 0.2) is 54.4 Å². The lowest BCUT2D eigenvalue weighted by Crippen LogP contribution is -1.87. The van der Waals surface area contributed by atoms with Gasteiger partial charge in [0.15, 0.2) is 0 Å². The van der Waals surface area contributed by atoms with Crippen LogP contribution in [0.4, 0.5) is 0 Å². The summed E-state index contributed by atoms with van der Waals surface area (Å²) in [5, 5.41) is 3.26. The highest BCUT2D eigenvalue weighted by atomic mass is 32.1. The quantitative estimate of drug-likeness (QED) is 0.634. The van der Waals surface area contributed by atoms with Crippen LogP contribution in [-0.2, 0) is 0 Å². The van der Waals surface area contributed by atoms with Crippen LogP contribution in [0.25, 0.3) is 27.4 Å². The first-order valence-corrected chi connectivity index (χ1v) is 6.32. The van der Waals surface area contributed by atoms with E-state index in [9.17, 15) is 0 Å². The molecular formula is C15H11NS. The first kappa shape index (κ1) is 10.2. The summed E-state index contributed by atoms with van der Waals surface area (Å²) < 4.78 is 0. The van der Waals surface area contributed by atoms with Gasteiger partial charge in [0.2, 0.25) is 0 Å². The van der Waals surface area contributed by atoms with Crippen molar-refractivity contribution in [3.05, 3.63) is 60.1 Å². The van der Waals surface area contributed by atoms with E-state index in [1.165, 1.54) is 10.9 Å². The summed E-state index contributed by atoms with van der Waals surface area (Å²) in [7, 11) is 0. The third kappa shape index (κ3) is 1.77. The molecule has 0 spiro atoms. The van der Waals surface area contributed by atoms with Crippen molar-refractivity contribution >= 4 is 27.6 Å². The van der Waals surface area contributed by atoms with Crippen molar-refractivity contribution < 1.29 is 0 Å². The molecule has 0 saturated carbocycles. The van der Waals surface area contributed by atoms with E-state index >= 15 is 0 Å². The normalized spacial score (nSPS) is 10.6. The van der Waals surface area contributed by atoms with Crippen LogP contribution in [0.2, 0.25) is 0 Å². The van der Waals surface area contributed by atoms with Crippen molar-refractivity contribution in [1.82, 2.24) is 4.98 Å². The van der Waals surface area contributed by atoms with Gasteiger partial charge in [0.25, 0.3) is 0 Å². The van der Waals surface area contributed by atoms with Crippen LogP contribution in [0, 0.1) is 0 Å². The molecule has 1 aromatic carbocycles. The lowest BCUT2D eigenvalue weighted by Gasteiger charge is -2.05. The van der Waals surface area contributed by atoms with Gasteiger partial charge in [-0.25, -0.2) is 4.98 Å². The Bertz CT molecular complexity index is 668. The predicted molar refractivity (Wildman–Crippen MR) is 75.1 cm³/mol. The molecule has 0 fully saturated rings. The molecule has 0 atom stereocenters. The molecule has 0 unspecified atom stereocenters. The minimum Gasteiger partial charge on any atom is -0.237 e. The monoisotopic (exact) mass is 237 g/mol. The van der Waals surface area contributed by atoms with Gasteiger partial charge in [-0.05, 0) is 29.2 Å². The second kappa shape index (κ2) is 4.15. The molecular weight excluding hydrogens is 226 g/mol. The predicted octanol–water partition coefficient (Wildman–Crippen LogP) is 4.61. The Morgan fingerprint density at radius 2 is 1.94 bits per heavy atom. The summed E-state index contributed by atoms with van der Waals surface area (Å²) in [6.07, 6.45) is 1.82. The number of nitrogens with zero attached hydrogens (tertiary/aromatic N) is 1. The van der Waals surface area contributed by atoms with Crippen molar-refractivity contribution in [2.75, 3.05) is 0 Å². The molecule has 0 aliphatic carbocycles. The van der Waals surface area contributed by atoms with Crippen molar-refractivity contribution in [3.63, 3.8) is 0 Å². The van der Waals surface area contributed by atoms with Gasteiger partial charge in [-0.1, -0.05) is 36.9 Å². The maximum absolute atomic E-state index is 4.63. The third-order valence-electron chi connectivity index (χ3n) is 2.75. The van der Waals surface area contributed by atoms with Crippen molar-refractivity contribution in [3.8, 4) is 11.1 Å². The zero-order chi connectivity index (χ0) is 11.7. The number of pyridine rings is 1. The summed E-state index contributed by atoms with van der Waals surface area (Å²) in [5.41, 5.74) is 3.28. The average Bonchev–Trinajstić information content (AvgIpc) is 2.85. The van der Waals surface area contributed by atoms with E-state index in [-0.39, 0.29) is 0 Å². The first-order chi connectivity index (χ1) is 8.38. The Morgan fingerprint density at radius 3 is 2.71 bits per heavy atom. The zero-order valence-corrected chi connectivity index (χ0v) is 10.1. The van der Waals surface area contributed by atoms with E-state index in [1.54, 1.807) is 11.3 Å². The fourth-order valence-corrected chi connectivity index (χ4v) is 2.67. The molecule has 82 valence electrons. The second-order valence-corrected chi connectivity index (χ2v) is 4.70. The molecule has 1 nitrogen and oxygen atoms in total. The first-order valence-electron chi connectivity index (χ1n) is 5.44. The van der Waals surface area contributed by atoms with Gasteiger partial charge in [-0.15, -0.1) is 11.3 Å². The van der Waals surface area contributed by atoms with Gasteiger partial charge < -0.3 is 0 Å². The summed E-state index contributed by atoms with van der Waals surface area (Å²) in [4.78, 5) is 5.70. The Balaban J connectivity index is 2.30.